The average Bonchev–Trinajstić information content (AvgIpc) is 2.84. The SMILES string of the molecule is CCOC(=O)N1CCN(C(=O)Nc2cnn(C)c2)CC1. The third-order valence-corrected chi connectivity index (χ3v) is 3.05. The molecule has 1 aromatic heterocycles. The van der Waals surface area contributed by atoms with E-state index in [1.165, 1.54) is 0 Å². The quantitative estimate of drug-likeness (QED) is 0.866. The van der Waals surface area contributed by atoms with Gasteiger partial charge >= 0.3 is 12.1 Å². The second-order valence-corrected chi connectivity index (χ2v) is 4.51. The first-order valence-electron chi connectivity index (χ1n) is 6.56. The summed E-state index contributed by atoms with van der Waals surface area (Å²) in [7, 11) is 1.79. The van der Waals surface area contributed by atoms with E-state index in [9.17, 15) is 9.59 Å². The number of carbonyl (C=O) groups is 2. The first-order valence-corrected chi connectivity index (χ1v) is 6.56. The van der Waals surface area contributed by atoms with E-state index in [1.54, 1.807) is 40.8 Å². The zero-order valence-electron chi connectivity index (χ0n) is 11.7. The van der Waals surface area contributed by atoms with Crippen molar-refractivity contribution in [2.24, 2.45) is 7.05 Å². The molecular formula is C12H19N5O3. The number of hydrogen-bond acceptors (Lipinski definition) is 4. The molecule has 110 valence electrons. The molecule has 2 heterocycles. The molecule has 1 aliphatic heterocycles. The zero-order valence-corrected chi connectivity index (χ0v) is 11.7. The summed E-state index contributed by atoms with van der Waals surface area (Å²) in [5.74, 6) is 0. The number of hydrogen-bond donors (Lipinski definition) is 1. The minimum absolute atomic E-state index is 0.179. The largest absolute Gasteiger partial charge is 0.450 e. The van der Waals surface area contributed by atoms with Gasteiger partial charge in [-0.2, -0.15) is 5.10 Å². The Hall–Kier alpha value is -2.25. The van der Waals surface area contributed by atoms with Crippen molar-refractivity contribution in [1.82, 2.24) is 19.6 Å². The van der Waals surface area contributed by atoms with E-state index in [-0.39, 0.29) is 12.1 Å². The Morgan fingerprint density at radius 3 is 2.50 bits per heavy atom. The predicted octanol–water partition coefficient (Wildman–Crippen LogP) is 0.726. The number of nitrogens with one attached hydrogen (secondary N) is 1. The minimum atomic E-state index is -0.320. The van der Waals surface area contributed by atoms with E-state index in [0.29, 0.717) is 38.5 Å². The Bertz CT molecular complexity index is 479. The van der Waals surface area contributed by atoms with Gasteiger partial charge in [0.1, 0.15) is 0 Å². The molecule has 0 radical (unpaired) electrons. The third kappa shape index (κ3) is 3.40. The zero-order chi connectivity index (χ0) is 14.5. The van der Waals surface area contributed by atoms with E-state index < -0.39 is 0 Å². The summed E-state index contributed by atoms with van der Waals surface area (Å²) in [6, 6.07) is -0.179. The van der Waals surface area contributed by atoms with Gasteiger partial charge in [0.15, 0.2) is 0 Å². The topological polar surface area (TPSA) is 79.7 Å². The van der Waals surface area contributed by atoms with Gasteiger partial charge in [-0.15, -0.1) is 0 Å². The van der Waals surface area contributed by atoms with Crippen LogP contribution in [-0.2, 0) is 11.8 Å². The lowest BCUT2D eigenvalue weighted by Gasteiger charge is -2.33. The highest BCUT2D eigenvalue weighted by atomic mass is 16.6. The van der Waals surface area contributed by atoms with Crippen LogP contribution in [0.4, 0.5) is 15.3 Å². The van der Waals surface area contributed by atoms with Crippen molar-refractivity contribution in [2.45, 2.75) is 6.92 Å². The lowest BCUT2D eigenvalue weighted by atomic mass is 10.3. The van der Waals surface area contributed by atoms with Crippen molar-refractivity contribution in [2.75, 3.05) is 38.1 Å². The lowest BCUT2D eigenvalue weighted by Crippen LogP contribution is -2.51. The highest BCUT2D eigenvalue weighted by Gasteiger charge is 2.24. The number of piperazine rings is 1. The number of carbonyl (C=O) groups excluding carboxylic acids is 2. The van der Waals surface area contributed by atoms with Crippen LogP contribution in [0.25, 0.3) is 0 Å². The third-order valence-electron chi connectivity index (χ3n) is 3.05. The molecule has 0 spiro atoms. The van der Waals surface area contributed by atoms with E-state index in [4.69, 9.17) is 4.74 Å². The van der Waals surface area contributed by atoms with Crippen molar-refractivity contribution in [3.8, 4) is 0 Å². The van der Waals surface area contributed by atoms with Gasteiger partial charge in [-0.1, -0.05) is 0 Å². The molecule has 20 heavy (non-hydrogen) atoms. The molecule has 0 saturated carbocycles. The fourth-order valence-corrected chi connectivity index (χ4v) is 2.00. The Kier molecular flexibility index (Phi) is 4.44. The fourth-order valence-electron chi connectivity index (χ4n) is 2.00. The summed E-state index contributed by atoms with van der Waals surface area (Å²) < 4.78 is 6.55. The Balaban J connectivity index is 1.81. The molecule has 0 aliphatic carbocycles. The molecule has 2 rings (SSSR count). The second kappa shape index (κ2) is 6.27. The smallest absolute Gasteiger partial charge is 0.409 e. The minimum Gasteiger partial charge on any atom is -0.450 e. The first-order chi connectivity index (χ1) is 9.60. The van der Waals surface area contributed by atoms with Crippen LogP contribution in [0.15, 0.2) is 12.4 Å². The maximum absolute atomic E-state index is 12.0. The van der Waals surface area contributed by atoms with Gasteiger partial charge in [-0.3, -0.25) is 4.68 Å². The van der Waals surface area contributed by atoms with E-state index in [0.717, 1.165) is 0 Å². The maximum Gasteiger partial charge on any atom is 0.409 e. The van der Waals surface area contributed by atoms with Gasteiger partial charge in [0.05, 0.1) is 18.5 Å². The van der Waals surface area contributed by atoms with Crippen LogP contribution < -0.4 is 5.32 Å². The van der Waals surface area contributed by atoms with Gasteiger partial charge in [-0.25, -0.2) is 9.59 Å². The fraction of sp³-hybridized carbons (Fsp3) is 0.583. The number of rotatable bonds is 2. The first kappa shape index (κ1) is 14.2. The van der Waals surface area contributed by atoms with Crippen LogP contribution in [0, 0.1) is 0 Å². The van der Waals surface area contributed by atoms with Crippen LogP contribution in [-0.4, -0.2) is 64.5 Å². The molecule has 8 nitrogen and oxygen atoms in total. The number of aryl methyl sites for hydroxylation is 1. The summed E-state index contributed by atoms with van der Waals surface area (Å²) in [5.41, 5.74) is 0.658. The van der Waals surface area contributed by atoms with E-state index in [1.807, 2.05) is 0 Å². The molecule has 1 aromatic rings. The normalized spacial score (nSPS) is 15.1. The summed E-state index contributed by atoms with van der Waals surface area (Å²) in [6.07, 6.45) is 3.00. The van der Waals surface area contributed by atoms with Gasteiger partial charge in [-0.05, 0) is 6.92 Å². The maximum atomic E-state index is 12.0. The average molecular weight is 281 g/mol. The number of nitrogens with zero attached hydrogens (tertiary/aromatic N) is 4. The van der Waals surface area contributed by atoms with Crippen molar-refractivity contribution in [3.63, 3.8) is 0 Å². The summed E-state index contributed by atoms with van der Waals surface area (Å²) in [6.45, 7) is 4.09. The Labute approximate surface area is 117 Å². The molecule has 1 saturated heterocycles. The number of ether oxygens (including phenoxy) is 1. The molecule has 8 heteroatoms. The standard InChI is InChI=1S/C12H19N5O3/c1-3-20-12(19)17-6-4-16(5-7-17)11(18)14-10-8-13-15(2)9-10/h8-9H,3-7H2,1-2H3,(H,14,18). The monoisotopic (exact) mass is 281 g/mol. The van der Waals surface area contributed by atoms with Gasteiger partial charge in [0.25, 0.3) is 0 Å². The van der Waals surface area contributed by atoms with Gasteiger partial charge in [0, 0.05) is 39.4 Å². The molecule has 1 aliphatic rings. The van der Waals surface area contributed by atoms with E-state index >= 15 is 0 Å². The van der Waals surface area contributed by atoms with Crippen LogP contribution in [0.2, 0.25) is 0 Å². The molecule has 0 aromatic carbocycles. The number of aromatic nitrogens is 2. The second-order valence-electron chi connectivity index (χ2n) is 4.51. The summed E-state index contributed by atoms with van der Waals surface area (Å²) in [5, 5.41) is 6.76. The van der Waals surface area contributed by atoms with Crippen LogP contribution >= 0.6 is 0 Å². The van der Waals surface area contributed by atoms with Crippen LogP contribution in [0.1, 0.15) is 6.92 Å². The summed E-state index contributed by atoms with van der Waals surface area (Å²) in [4.78, 5) is 26.8. The molecule has 0 bridgehead atoms. The number of urea groups is 1. The Morgan fingerprint density at radius 2 is 1.95 bits per heavy atom. The molecule has 0 atom stereocenters. The van der Waals surface area contributed by atoms with Crippen LogP contribution in [0.3, 0.4) is 0 Å². The molecule has 0 unspecified atom stereocenters. The van der Waals surface area contributed by atoms with Gasteiger partial charge in [0.2, 0.25) is 0 Å². The molecular weight excluding hydrogens is 262 g/mol. The lowest BCUT2D eigenvalue weighted by molar-refractivity contribution is 0.0868. The highest BCUT2D eigenvalue weighted by Crippen LogP contribution is 2.08. The predicted molar refractivity (Wildman–Crippen MR) is 72.4 cm³/mol. The molecule has 1 N–H and O–H groups in total. The number of amides is 3. The van der Waals surface area contributed by atoms with Crippen molar-refractivity contribution in [1.29, 1.82) is 0 Å². The van der Waals surface area contributed by atoms with Crippen LogP contribution in [0.5, 0.6) is 0 Å². The van der Waals surface area contributed by atoms with Gasteiger partial charge < -0.3 is 19.9 Å². The molecule has 3 amide bonds. The molecule has 1 fully saturated rings. The highest BCUT2D eigenvalue weighted by molar-refractivity contribution is 5.89. The summed E-state index contributed by atoms with van der Waals surface area (Å²) >= 11 is 0. The van der Waals surface area contributed by atoms with E-state index in [2.05, 4.69) is 10.4 Å². The number of anilines is 1. The Morgan fingerprint density at radius 1 is 1.30 bits per heavy atom. The van der Waals surface area contributed by atoms with Crippen molar-refractivity contribution < 1.29 is 14.3 Å². The van der Waals surface area contributed by atoms with Crippen molar-refractivity contribution in [3.05, 3.63) is 12.4 Å². The van der Waals surface area contributed by atoms with Crippen molar-refractivity contribution >= 4 is 17.8 Å².